The molecule has 1 N–H and O–H groups in total. The van der Waals surface area contributed by atoms with Gasteiger partial charge in [0.2, 0.25) is 0 Å². The Morgan fingerprint density at radius 2 is 2.00 bits per heavy atom. The molecule has 1 aliphatic heterocycles. The van der Waals surface area contributed by atoms with Gasteiger partial charge in [0.05, 0.1) is 0 Å². The number of carbonyl (C=O) groups excluding carboxylic acids is 1. The normalized spacial score (nSPS) is 17.2. The number of nitrogens with one attached hydrogen (secondary N) is 1. The lowest BCUT2D eigenvalue weighted by Gasteiger charge is -2.29. The van der Waals surface area contributed by atoms with Crippen molar-refractivity contribution < 1.29 is 9.53 Å². The average molecular weight is 327 g/mol. The molecule has 5 heteroatoms. The fourth-order valence-electron chi connectivity index (χ4n) is 2.10. The number of piperidine rings is 1. The minimum absolute atomic E-state index is 0.0440. The van der Waals surface area contributed by atoms with Crippen molar-refractivity contribution in [3.05, 3.63) is 28.7 Å². The first-order valence-corrected chi connectivity index (χ1v) is 7.29. The van der Waals surface area contributed by atoms with E-state index in [0.717, 1.165) is 30.4 Å². The van der Waals surface area contributed by atoms with Gasteiger partial charge in [-0.3, -0.25) is 4.79 Å². The minimum Gasteiger partial charge on any atom is -0.484 e. The molecule has 1 aliphatic rings. The summed E-state index contributed by atoms with van der Waals surface area (Å²) in [5.41, 5.74) is 0. The maximum Gasteiger partial charge on any atom is 0.258 e. The zero-order valence-electron chi connectivity index (χ0n) is 11.1. The first-order chi connectivity index (χ1) is 9.13. The van der Waals surface area contributed by atoms with Gasteiger partial charge < -0.3 is 15.0 Å². The van der Waals surface area contributed by atoms with Crippen LogP contribution < -0.4 is 10.1 Å². The van der Waals surface area contributed by atoms with E-state index in [1.165, 1.54) is 0 Å². The first kappa shape index (κ1) is 14.3. The van der Waals surface area contributed by atoms with E-state index in [0.29, 0.717) is 5.75 Å². The van der Waals surface area contributed by atoms with Crippen LogP contribution in [-0.4, -0.2) is 43.6 Å². The Labute approximate surface area is 122 Å². The van der Waals surface area contributed by atoms with Gasteiger partial charge in [-0.2, -0.15) is 0 Å². The fourth-order valence-corrected chi connectivity index (χ4v) is 2.37. The maximum absolute atomic E-state index is 11.8. The number of carbonyl (C=O) groups is 1. The lowest BCUT2D eigenvalue weighted by molar-refractivity contribution is -0.124. The topological polar surface area (TPSA) is 41.6 Å². The molecule has 104 valence electrons. The van der Waals surface area contributed by atoms with Crippen molar-refractivity contribution >= 4 is 21.8 Å². The van der Waals surface area contributed by atoms with E-state index in [-0.39, 0.29) is 18.6 Å². The molecular formula is C14H19BrN2O2. The fraction of sp³-hybridized carbons (Fsp3) is 0.500. The summed E-state index contributed by atoms with van der Waals surface area (Å²) in [6.45, 7) is 2.16. The van der Waals surface area contributed by atoms with E-state index in [4.69, 9.17) is 4.74 Å². The molecule has 1 aromatic rings. The van der Waals surface area contributed by atoms with E-state index in [2.05, 4.69) is 33.2 Å². The third-order valence-corrected chi connectivity index (χ3v) is 3.80. The number of halogens is 1. The highest BCUT2D eigenvalue weighted by atomic mass is 79.9. The number of ether oxygens (including phenoxy) is 1. The SMILES string of the molecule is CN1CCC(NC(=O)COc2ccc(Br)cc2)CC1. The standard InChI is InChI=1S/C14H19BrN2O2/c1-17-8-6-12(7-9-17)16-14(18)10-19-13-4-2-11(15)3-5-13/h2-5,12H,6-10H2,1H3,(H,16,18). The quantitative estimate of drug-likeness (QED) is 0.920. The van der Waals surface area contributed by atoms with Crippen LogP contribution in [0.15, 0.2) is 28.7 Å². The Morgan fingerprint density at radius 3 is 2.63 bits per heavy atom. The van der Waals surface area contributed by atoms with Crippen LogP contribution in [0.25, 0.3) is 0 Å². The van der Waals surface area contributed by atoms with Crippen LogP contribution in [0.5, 0.6) is 5.75 Å². The largest absolute Gasteiger partial charge is 0.484 e. The Morgan fingerprint density at radius 1 is 1.37 bits per heavy atom. The molecule has 19 heavy (non-hydrogen) atoms. The van der Waals surface area contributed by atoms with Gasteiger partial charge in [0, 0.05) is 10.5 Å². The molecule has 0 saturated carbocycles. The second-order valence-electron chi connectivity index (χ2n) is 4.89. The molecule has 0 aromatic heterocycles. The summed E-state index contributed by atoms with van der Waals surface area (Å²) in [5.74, 6) is 0.666. The molecule has 4 nitrogen and oxygen atoms in total. The smallest absolute Gasteiger partial charge is 0.258 e. The summed E-state index contributed by atoms with van der Waals surface area (Å²) >= 11 is 3.36. The van der Waals surface area contributed by atoms with Gasteiger partial charge in [0.15, 0.2) is 6.61 Å². The molecular weight excluding hydrogens is 308 g/mol. The summed E-state index contributed by atoms with van der Waals surface area (Å²) in [6, 6.07) is 7.76. The third-order valence-electron chi connectivity index (χ3n) is 3.27. The summed E-state index contributed by atoms with van der Waals surface area (Å²) in [7, 11) is 2.11. The van der Waals surface area contributed by atoms with Crippen molar-refractivity contribution in [1.82, 2.24) is 10.2 Å². The van der Waals surface area contributed by atoms with Crippen LogP contribution in [0.2, 0.25) is 0 Å². The monoisotopic (exact) mass is 326 g/mol. The number of hydrogen-bond donors (Lipinski definition) is 1. The number of hydrogen-bond acceptors (Lipinski definition) is 3. The van der Waals surface area contributed by atoms with E-state index in [9.17, 15) is 4.79 Å². The van der Waals surface area contributed by atoms with Gasteiger partial charge >= 0.3 is 0 Å². The molecule has 2 rings (SSSR count). The van der Waals surface area contributed by atoms with Crippen LogP contribution in [0, 0.1) is 0 Å². The predicted octanol–water partition coefficient (Wildman–Crippen LogP) is 2.04. The summed E-state index contributed by atoms with van der Waals surface area (Å²) < 4.78 is 6.44. The summed E-state index contributed by atoms with van der Waals surface area (Å²) in [6.07, 6.45) is 2.03. The molecule has 1 heterocycles. The molecule has 0 atom stereocenters. The summed E-state index contributed by atoms with van der Waals surface area (Å²) in [4.78, 5) is 14.1. The molecule has 1 amide bonds. The summed E-state index contributed by atoms with van der Waals surface area (Å²) in [5, 5.41) is 3.02. The van der Waals surface area contributed by atoms with E-state index < -0.39 is 0 Å². The van der Waals surface area contributed by atoms with Gasteiger partial charge in [-0.15, -0.1) is 0 Å². The van der Waals surface area contributed by atoms with Crippen molar-refractivity contribution in [3.8, 4) is 5.75 Å². The molecule has 0 radical (unpaired) electrons. The van der Waals surface area contributed by atoms with Gasteiger partial charge in [-0.05, 0) is 57.2 Å². The zero-order valence-corrected chi connectivity index (χ0v) is 12.6. The highest BCUT2D eigenvalue weighted by Gasteiger charge is 2.18. The van der Waals surface area contributed by atoms with Gasteiger partial charge in [-0.25, -0.2) is 0 Å². The Hall–Kier alpha value is -1.07. The molecule has 0 bridgehead atoms. The number of amides is 1. The van der Waals surface area contributed by atoms with Crippen LogP contribution in [0.4, 0.5) is 0 Å². The molecule has 1 saturated heterocycles. The second kappa shape index (κ2) is 6.91. The zero-order chi connectivity index (χ0) is 13.7. The predicted molar refractivity (Wildman–Crippen MR) is 78.3 cm³/mol. The molecule has 0 spiro atoms. The molecule has 1 fully saturated rings. The van der Waals surface area contributed by atoms with Crippen molar-refractivity contribution in [1.29, 1.82) is 0 Å². The number of benzene rings is 1. The van der Waals surface area contributed by atoms with Crippen LogP contribution >= 0.6 is 15.9 Å². The number of likely N-dealkylation sites (tertiary alicyclic amines) is 1. The molecule has 1 aromatic carbocycles. The number of rotatable bonds is 4. The molecule has 0 unspecified atom stereocenters. The van der Waals surface area contributed by atoms with Crippen molar-refractivity contribution in [3.63, 3.8) is 0 Å². The van der Waals surface area contributed by atoms with Crippen molar-refractivity contribution in [2.45, 2.75) is 18.9 Å². The molecule has 0 aliphatic carbocycles. The van der Waals surface area contributed by atoms with Gasteiger partial charge in [0.1, 0.15) is 5.75 Å². The van der Waals surface area contributed by atoms with Crippen LogP contribution in [0.1, 0.15) is 12.8 Å². The highest BCUT2D eigenvalue weighted by molar-refractivity contribution is 9.10. The Kier molecular flexibility index (Phi) is 5.22. The third kappa shape index (κ3) is 4.84. The maximum atomic E-state index is 11.8. The first-order valence-electron chi connectivity index (χ1n) is 6.50. The number of nitrogens with zero attached hydrogens (tertiary/aromatic N) is 1. The van der Waals surface area contributed by atoms with Gasteiger partial charge in [-0.1, -0.05) is 15.9 Å². The minimum atomic E-state index is -0.0440. The van der Waals surface area contributed by atoms with Crippen LogP contribution in [0.3, 0.4) is 0 Å². The van der Waals surface area contributed by atoms with E-state index >= 15 is 0 Å². The van der Waals surface area contributed by atoms with Crippen LogP contribution in [-0.2, 0) is 4.79 Å². The Bertz CT molecular complexity index is 414. The average Bonchev–Trinajstić information content (AvgIpc) is 2.41. The van der Waals surface area contributed by atoms with E-state index in [1.54, 1.807) is 0 Å². The van der Waals surface area contributed by atoms with E-state index in [1.807, 2.05) is 24.3 Å². The second-order valence-corrected chi connectivity index (χ2v) is 5.80. The lowest BCUT2D eigenvalue weighted by Crippen LogP contribution is -2.44. The Balaban J connectivity index is 1.71. The van der Waals surface area contributed by atoms with Crippen molar-refractivity contribution in [2.75, 3.05) is 26.7 Å². The highest BCUT2D eigenvalue weighted by Crippen LogP contribution is 2.16. The lowest BCUT2D eigenvalue weighted by atomic mass is 10.1. The van der Waals surface area contributed by atoms with Gasteiger partial charge in [0.25, 0.3) is 5.91 Å². The van der Waals surface area contributed by atoms with Crippen molar-refractivity contribution in [2.24, 2.45) is 0 Å².